The van der Waals surface area contributed by atoms with Gasteiger partial charge in [-0.05, 0) is 42.3 Å². The summed E-state index contributed by atoms with van der Waals surface area (Å²) in [5, 5.41) is 10.5. The molecule has 0 fully saturated rings. The van der Waals surface area contributed by atoms with Gasteiger partial charge >= 0.3 is 6.03 Å². The number of aryl methyl sites for hydroxylation is 2. The second-order valence-electron chi connectivity index (χ2n) is 6.53. The van der Waals surface area contributed by atoms with Crippen molar-refractivity contribution >= 4 is 28.3 Å². The molecule has 4 aromatic rings. The van der Waals surface area contributed by atoms with Crippen LogP contribution < -0.4 is 10.6 Å². The van der Waals surface area contributed by atoms with Crippen LogP contribution in [-0.4, -0.2) is 20.8 Å². The van der Waals surface area contributed by atoms with Crippen molar-refractivity contribution in [2.24, 2.45) is 7.05 Å². The minimum atomic E-state index is -0.514. The molecule has 2 heterocycles. The monoisotopic (exact) mass is 375 g/mol. The van der Waals surface area contributed by atoms with E-state index >= 15 is 0 Å². The summed E-state index contributed by atoms with van der Waals surface area (Å²) in [6.07, 6.45) is 5.32. The number of aromatic nitrogens is 3. The third kappa shape index (κ3) is 3.42. The minimum Gasteiger partial charge on any atom is -0.308 e. The molecular weight excluding hydrogens is 357 g/mol. The molecule has 2 amide bonds. The molecule has 6 nitrogen and oxygen atoms in total. The van der Waals surface area contributed by atoms with E-state index in [0.29, 0.717) is 5.69 Å². The summed E-state index contributed by atoms with van der Waals surface area (Å²) in [5.41, 5.74) is 4.31. The number of pyridine rings is 1. The number of fused-ring (bicyclic) bond motifs is 1. The van der Waals surface area contributed by atoms with Gasteiger partial charge in [-0.3, -0.25) is 9.67 Å². The van der Waals surface area contributed by atoms with Crippen LogP contribution in [0.15, 0.2) is 61.1 Å². The van der Waals surface area contributed by atoms with Crippen LogP contribution in [0.5, 0.6) is 0 Å². The van der Waals surface area contributed by atoms with E-state index in [9.17, 15) is 9.18 Å². The number of hydrogen-bond acceptors (Lipinski definition) is 3. The van der Waals surface area contributed by atoms with E-state index in [-0.39, 0.29) is 5.69 Å². The quantitative estimate of drug-likeness (QED) is 0.544. The molecule has 0 radical (unpaired) electrons. The van der Waals surface area contributed by atoms with Crippen molar-refractivity contribution < 1.29 is 9.18 Å². The Labute approximate surface area is 161 Å². The van der Waals surface area contributed by atoms with Crippen molar-refractivity contribution in [3.63, 3.8) is 0 Å². The van der Waals surface area contributed by atoms with Crippen LogP contribution in [0.25, 0.3) is 22.0 Å². The highest BCUT2D eigenvalue weighted by Gasteiger charge is 2.11. The first kappa shape index (κ1) is 17.7. The number of anilines is 2. The third-order valence-corrected chi connectivity index (χ3v) is 4.48. The van der Waals surface area contributed by atoms with Gasteiger partial charge in [0.05, 0.1) is 23.6 Å². The fourth-order valence-electron chi connectivity index (χ4n) is 3.07. The highest BCUT2D eigenvalue weighted by atomic mass is 19.1. The zero-order valence-corrected chi connectivity index (χ0v) is 15.4. The fraction of sp³-hybridized carbons (Fsp3) is 0.0952. The SMILES string of the molecule is Cc1ccc(F)c(NC(=O)Nc2cccc(-c3cncc4c3cnn4C)c2)c1. The average molecular weight is 375 g/mol. The lowest BCUT2D eigenvalue weighted by Crippen LogP contribution is -2.20. The number of halogens is 1. The molecule has 2 aromatic heterocycles. The minimum absolute atomic E-state index is 0.137. The number of carbonyl (C=O) groups excluding carboxylic acids is 1. The highest BCUT2D eigenvalue weighted by molar-refractivity contribution is 6.01. The summed E-state index contributed by atoms with van der Waals surface area (Å²) >= 11 is 0. The lowest BCUT2D eigenvalue weighted by molar-refractivity contribution is 0.262. The number of urea groups is 1. The molecule has 4 rings (SSSR count). The van der Waals surface area contributed by atoms with E-state index in [1.807, 2.05) is 32.2 Å². The maximum absolute atomic E-state index is 13.8. The summed E-state index contributed by atoms with van der Waals surface area (Å²) in [5.74, 6) is -0.483. The molecular formula is C21H18FN5O. The summed E-state index contributed by atoms with van der Waals surface area (Å²) in [7, 11) is 1.86. The van der Waals surface area contributed by atoms with Gasteiger partial charge in [-0.2, -0.15) is 5.10 Å². The van der Waals surface area contributed by atoms with Crippen LogP contribution >= 0.6 is 0 Å². The normalized spacial score (nSPS) is 10.8. The van der Waals surface area contributed by atoms with Crippen LogP contribution in [0, 0.1) is 12.7 Å². The Morgan fingerprint density at radius 2 is 1.93 bits per heavy atom. The number of nitrogens with zero attached hydrogens (tertiary/aromatic N) is 3. The molecule has 0 bridgehead atoms. The molecule has 2 aromatic carbocycles. The Bertz CT molecular complexity index is 1180. The van der Waals surface area contributed by atoms with E-state index < -0.39 is 11.8 Å². The van der Waals surface area contributed by atoms with E-state index in [4.69, 9.17) is 0 Å². The van der Waals surface area contributed by atoms with Crippen molar-refractivity contribution in [1.82, 2.24) is 14.8 Å². The van der Waals surface area contributed by atoms with Crippen molar-refractivity contribution in [1.29, 1.82) is 0 Å². The highest BCUT2D eigenvalue weighted by Crippen LogP contribution is 2.29. The molecule has 0 saturated carbocycles. The third-order valence-electron chi connectivity index (χ3n) is 4.48. The predicted octanol–water partition coefficient (Wildman–Crippen LogP) is 4.73. The molecule has 140 valence electrons. The zero-order valence-electron chi connectivity index (χ0n) is 15.4. The maximum atomic E-state index is 13.8. The zero-order chi connectivity index (χ0) is 19.7. The molecule has 28 heavy (non-hydrogen) atoms. The first-order chi connectivity index (χ1) is 13.5. The molecule has 2 N–H and O–H groups in total. The molecule has 7 heteroatoms. The number of nitrogens with one attached hydrogen (secondary N) is 2. The van der Waals surface area contributed by atoms with Crippen LogP contribution in [0.4, 0.5) is 20.6 Å². The van der Waals surface area contributed by atoms with Gasteiger partial charge in [0, 0.05) is 29.9 Å². The molecule has 0 unspecified atom stereocenters. The van der Waals surface area contributed by atoms with Gasteiger partial charge in [0.2, 0.25) is 0 Å². The number of carbonyl (C=O) groups is 1. The summed E-state index contributed by atoms with van der Waals surface area (Å²) in [6, 6.07) is 11.4. The van der Waals surface area contributed by atoms with Gasteiger partial charge < -0.3 is 10.6 Å². The van der Waals surface area contributed by atoms with Gasteiger partial charge in [0.15, 0.2) is 0 Å². The Morgan fingerprint density at radius 3 is 2.79 bits per heavy atom. The first-order valence-electron chi connectivity index (χ1n) is 8.71. The van der Waals surface area contributed by atoms with Gasteiger partial charge in [-0.1, -0.05) is 18.2 Å². The molecule has 0 atom stereocenters. The van der Waals surface area contributed by atoms with E-state index in [0.717, 1.165) is 27.6 Å². The number of benzene rings is 2. The lowest BCUT2D eigenvalue weighted by Gasteiger charge is -2.10. The van der Waals surface area contributed by atoms with Crippen LogP contribution in [-0.2, 0) is 7.05 Å². The van der Waals surface area contributed by atoms with Crippen LogP contribution in [0.2, 0.25) is 0 Å². The summed E-state index contributed by atoms with van der Waals surface area (Å²) in [6.45, 7) is 1.83. The molecule has 0 aliphatic heterocycles. The molecule has 0 aliphatic rings. The second-order valence-corrected chi connectivity index (χ2v) is 6.53. The topological polar surface area (TPSA) is 71.8 Å². The maximum Gasteiger partial charge on any atom is 0.323 e. The predicted molar refractivity (Wildman–Crippen MR) is 108 cm³/mol. The Balaban J connectivity index is 1.58. The first-order valence-corrected chi connectivity index (χ1v) is 8.71. The largest absolute Gasteiger partial charge is 0.323 e. The average Bonchev–Trinajstić information content (AvgIpc) is 3.06. The van der Waals surface area contributed by atoms with Crippen molar-refractivity contribution in [3.05, 3.63) is 72.4 Å². The number of amides is 2. The van der Waals surface area contributed by atoms with E-state index in [1.54, 1.807) is 41.5 Å². The van der Waals surface area contributed by atoms with Crippen LogP contribution in [0.1, 0.15) is 5.56 Å². The van der Waals surface area contributed by atoms with Gasteiger partial charge in [0.1, 0.15) is 5.82 Å². The summed E-state index contributed by atoms with van der Waals surface area (Å²) < 4.78 is 15.6. The summed E-state index contributed by atoms with van der Waals surface area (Å²) in [4.78, 5) is 16.6. The van der Waals surface area contributed by atoms with Crippen molar-refractivity contribution in [2.45, 2.75) is 6.92 Å². The smallest absolute Gasteiger partial charge is 0.308 e. The lowest BCUT2D eigenvalue weighted by atomic mass is 10.0. The molecule has 0 aliphatic carbocycles. The molecule has 0 saturated heterocycles. The Hall–Kier alpha value is -3.74. The molecule has 0 spiro atoms. The van der Waals surface area contributed by atoms with Crippen molar-refractivity contribution in [2.75, 3.05) is 10.6 Å². The van der Waals surface area contributed by atoms with Gasteiger partial charge in [-0.25, -0.2) is 9.18 Å². The van der Waals surface area contributed by atoms with Gasteiger partial charge in [0.25, 0.3) is 0 Å². The Morgan fingerprint density at radius 1 is 1.07 bits per heavy atom. The Kier molecular flexibility index (Phi) is 4.49. The van der Waals surface area contributed by atoms with E-state index in [1.165, 1.54) is 6.07 Å². The standard InChI is InChI=1S/C21H18FN5O/c1-13-6-7-18(22)19(8-13)26-21(28)25-15-5-3-4-14(9-15)16-10-23-12-20-17(16)11-24-27(20)2/h3-12H,1-2H3,(H2,25,26,28). The second kappa shape index (κ2) is 7.11. The number of rotatable bonds is 3. The number of hydrogen-bond donors (Lipinski definition) is 2. The fourth-order valence-corrected chi connectivity index (χ4v) is 3.07. The van der Waals surface area contributed by atoms with Crippen LogP contribution in [0.3, 0.4) is 0 Å². The van der Waals surface area contributed by atoms with Crippen molar-refractivity contribution in [3.8, 4) is 11.1 Å². The van der Waals surface area contributed by atoms with E-state index in [2.05, 4.69) is 20.7 Å². The van der Waals surface area contributed by atoms with Gasteiger partial charge in [-0.15, -0.1) is 0 Å².